The summed E-state index contributed by atoms with van der Waals surface area (Å²) >= 11 is 0. The van der Waals surface area contributed by atoms with Crippen LogP contribution >= 0.6 is 0 Å². The van der Waals surface area contributed by atoms with Gasteiger partial charge in [-0.3, -0.25) is 4.79 Å². The molecule has 0 aliphatic rings. The highest BCUT2D eigenvalue weighted by atomic mass is 19.1. The van der Waals surface area contributed by atoms with Crippen molar-refractivity contribution < 1.29 is 9.18 Å². The molecule has 1 rings (SSSR count). The van der Waals surface area contributed by atoms with Crippen molar-refractivity contribution in [3.05, 3.63) is 29.6 Å². The molecule has 96 valence electrons. The second-order valence-corrected chi connectivity index (χ2v) is 4.39. The molecule has 0 saturated heterocycles. The highest BCUT2D eigenvalue weighted by Gasteiger charge is 2.19. The zero-order chi connectivity index (χ0) is 13.7. The number of carbonyl (C=O) groups excluding carboxylic acids is 1. The van der Waals surface area contributed by atoms with Gasteiger partial charge in [-0.25, -0.2) is 4.39 Å². The highest BCUT2D eigenvalue weighted by molar-refractivity contribution is 6.00. The Morgan fingerprint density at radius 3 is 2.67 bits per heavy atom. The zero-order valence-electron chi connectivity index (χ0n) is 10.9. The van der Waals surface area contributed by atoms with E-state index in [1.54, 1.807) is 12.1 Å². The van der Waals surface area contributed by atoms with E-state index < -0.39 is 5.82 Å². The molecule has 0 amide bonds. The Bertz CT molecular complexity index is 477. The van der Waals surface area contributed by atoms with Gasteiger partial charge in [0.25, 0.3) is 0 Å². The first-order valence-corrected chi connectivity index (χ1v) is 5.92. The lowest BCUT2D eigenvalue weighted by atomic mass is 10.1. The smallest absolute Gasteiger partial charge is 0.164 e. The summed E-state index contributed by atoms with van der Waals surface area (Å²) in [5, 5.41) is 8.66. The van der Waals surface area contributed by atoms with E-state index in [-0.39, 0.29) is 17.4 Å². The van der Waals surface area contributed by atoms with Crippen molar-refractivity contribution in [2.45, 2.75) is 33.2 Å². The molecule has 0 N–H and O–H groups in total. The number of Topliss-reactive ketones (excluding diaryl/α,β-unsaturated/α-hetero) is 1. The van der Waals surface area contributed by atoms with Gasteiger partial charge in [0.2, 0.25) is 0 Å². The maximum Gasteiger partial charge on any atom is 0.164 e. The van der Waals surface area contributed by atoms with Gasteiger partial charge in [0, 0.05) is 12.6 Å². The van der Waals surface area contributed by atoms with Crippen LogP contribution in [-0.4, -0.2) is 18.4 Å². The van der Waals surface area contributed by atoms with Crippen LogP contribution in [0.25, 0.3) is 0 Å². The first-order valence-electron chi connectivity index (χ1n) is 5.92. The predicted octanol–water partition coefficient (Wildman–Crippen LogP) is 3.16. The number of hydrogen-bond donors (Lipinski definition) is 0. The number of rotatable bonds is 5. The molecule has 1 aromatic carbocycles. The van der Waals surface area contributed by atoms with Gasteiger partial charge in [-0.15, -0.1) is 0 Å². The minimum absolute atomic E-state index is 0.0956. The van der Waals surface area contributed by atoms with Crippen LogP contribution in [0.5, 0.6) is 0 Å². The van der Waals surface area contributed by atoms with Crippen LogP contribution in [0.1, 0.15) is 37.6 Å². The summed E-state index contributed by atoms with van der Waals surface area (Å²) in [5.74, 6) is -0.812. The van der Waals surface area contributed by atoms with Gasteiger partial charge in [0.1, 0.15) is 5.82 Å². The molecule has 0 atom stereocenters. The summed E-state index contributed by atoms with van der Waals surface area (Å²) in [5.41, 5.74) is 0.664. The fourth-order valence-corrected chi connectivity index (χ4v) is 1.93. The Kier molecular flexibility index (Phi) is 4.85. The monoisotopic (exact) mass is 248 g/mol. The van der Waals surface area contributed by atoms with E-state index in [9.17, 15) is 9.18 Å². The van der Waals surface area contributed by atoms with E-state index in [2.05, 4.69) is 6.07 Å². The van der Waals surface area contributed by atoms with Gasteiger partial charge in [-0.1, -0.05) is 6.07 Å². The lowest BCUT2D eigenvalue weighted by molar-refractivity contribution is 0.101. The SMILES string of the molecule is CC(=O)c1c(F)cccc1N(CCC#N)C(C)C. The maximum absolute atomic E-state index is 13.7. The first kappa shape index (κ1) is 14.2. The van der Waals surface area contributed by atoms with Crippen LogP contribution in [0.4, 0.5) is 10.1 Å². The molecule has 0 fully saturated rings. The lowest BCUT2D eigenvalue weighted by Gasteiger charge is -2.29. The number of hydrogen-bond acceptors (Lipinski definition) is 3. The van der Waals surface area contributed by atoms with Crippen LogP contribution in [0.15, 0.2) is 18.2 Å². The van der Waals surface area contributed by atoms with Gasteiger partial charge in [-0.2, -0.15) is 5.26 Å². The highest BCUT2D eigenvalue weighted by Crippen LogP contribution is 2.25. The molecule has 1 aromatic rings. The van der Waals surface area contributed by atoms with E-state index in [1.165, 1.54) is 13.0 Å². The summed E-state index contributed by atoms with van der Waals surface area (Å²) in [7, 11) is 0. The molecule has 0 saturated carbocycles. The van der Waals surface area contributed by atoms with E-state index in [0.717, 1.165) is 0 Å². The maximum atomic E-state index is 13.7. The third kappa shape index (κ3) is 3.07. The van der Waals surface area contributed by atoms with Gasteiger partial charge < -0.3 is 4.90 Å². The molecule has 4 heteroatoms. The number of benzene rings is 1. The Morgan fingerprint density at radius 1 is 1.50 bits per heavy atom. The van der Waals surface area contributed by atoms with Gasteiger partial charge >= 0.3 is 0 Å². The molecule has 0 aliphatic carbocycles. The fraction of sp³-hybridized carbons (Fsp3) is 0.429. The minimum Gasteiger partial charge on any atom is -0.367 e. The van der Waals surface area contributed by atoms with Crippen molar-refractivity contribution in [3.8, 4) is 6.07 Å². The molecule has 0 radical (unpaired) electrons. The summed E-state index contributed by atoms with van der Waals surface area (Å²) in [6.45, 7) is 5.74. The van der Waals surface area contributed by atoms with E-state index in [4.69, 9.17) is 5.26 Å². The second kappa shape index (κ2) is 6.15. The standard InChI is InChI=1S/C14H17FN2O/c1-10(2)17(9-5-8-16)13-7-4-6-12(15)14(13)11(3)18/h4,6-7,10H,5,9H2,1-3H3. The Balaban J connectivity index is 3.24. The Labute approximate surface area is 107 Å². The van der Waals surface area contributed by atoms with Crippen LogP contribution in [-0.2, 0) is 0 Å². The molecular formula is C14H17FN2O. The lowest BCUT2D eigenvalue weighted by Crippen LogP contribution is -2.33. The van der Waals surface area contributed by atoms with E-state index >= 15 is 0 Å². The van der Waals surface area contributed by atoms with E-state index in [1.807, 2.05) is 18.7 Å². The largest absolute Gasteiger partial charge is 0.367 e. The summed E-state index contributed by atoms with van der Waals surface area (Å²) in [6, 6.07) is 6.74. The number of ketones is 1. The molecular weight excluding hydrogens is 231 g/mol. The molecule has 0 spiro atoms. The van der Waals surface area contributed by atoms with E-state index in [0.29, 0.717) is 18.7 Å². The average Bonchev–Trinajstić information content (AvgIpc) is 2.28. The van der Waals surface area contributed by atoms with Crippen LogP contribution < -0.4 is 4.90 Å². The second-order valence-electron chi connectivity index (χ2n) is 4.39. The fourth-order valence-electron chi connectivity index (χ4n) is 1.93. The topological polar surface area (TPSA) is 44.1 Å². The summed E-state index contributed by atoms with van der Waals surface area (Å²) < 4.78 is 13.7. The molecule has 0 heterocycles. The Morgan fingerprint density at radius 2 is 2.17 bits per heavy atom. The van der Waals surface area contributed by atoms with Gasteiger partial charge in [-0.05, 0) is 32.9 Å². The number of anilines is 1. The minimum atomic E-state index is -0.511. The van der Waals surface area contributed by atoms with Crippen LogP contribution in [0.3, 0.4) is 0 Å². The number of nitrogens with zero attached hydrogens (tertiary/aromatic N) is 2. The predicted molar refractivity (Wildman–Crippen MR) is 69.1 cm³/mol. The van der Waals surface area contributed by atoms with Gasteiger partial charge in [0.15, 0.2) is 5.78 Å². The van der Waals surface area contributed by atoms with Crippen molar-refractivity contribution in [2.24, 2.45) is 0 Å². The van der Waals surface area contributed by atoms with Gasteiger partial charge in [0.05, 0.1) is 23.7 Å². The van der Waals surface area contributed by atoms with Crippen LogP contribution in [0.2, 0.25) is 0 Å². The number of carbonyl (C=O) groups is 1. The quantitative estimate of drug-likeness (QED) is 0.752. The molecule has 0 unspecified atom stereocenters. The molecule has 0 bridgehead atoms. The molecule has 18 heavy (non-hydrogen) atoms. The first-order chi connectivity index (χ1) is 8.49. The number of halogens is 1. The van der Waals surface area contributed by atoms with Crippen molar-refractivity contribution in [3.63, 3.8) is 0 Å². The third-order valence-electron chi connectivity index (χ3n) is 2.74. The van der Waals surface area contributed by atoms with Crippen molar-refractivity contribution in [2.75, 3.05) is 11.4 Å². The Hall–Kier alpha value is -1.89. The number of nitriles is 1. The average molecular weight is 248 g/mol. The van der Waals surface area contributed by atoms with Crippen molar-refractivity contribution >= 4 is 11.5 Å². The molecule has 3 nitrogen and oxygen atoms in total. The molecule has 0 aliphatic heterocycles. The summed E-state index contributed by atoms with van der Waals surface area (Å²) in [6.07, 6.45) is 0.339. The van der Waals surface area contributed by atoms with Crippen LogP contribution in [0, 0.1) is 17.1 Å². The summed E-state index contributed by atoms with van der Waals surface area (Å²) in [4.78, 5) is 13.4. The van der Waals surface area contributed by atoms with Crippen molar-refractivity contribution in [1.29, 1.82) is 5.26 Å². The van der Waals surface area contributed by atoms with Crippen molar-refractivity contribution in [1.82, 2.24) is 0 Å². The normalized spacial score (nSPS) is 10.2. The third-order valence-corrected chi connectivity index (χ3v) is 2.74. The zero-order valence-corrected chi connectivity index (χ0v) is 10.9. The molecule has 0 aromatic heterocycles.